The number of aliphatic hydroxyl groups is 1. The molecular weight excluding hydrogens is 352 g/mol. The van der Waals surface area contributed by atoms with Crippen LogP contribution >= 0.6 is 0 Å². The molecule has 0 fully saturated rings. The number of carbonyl (C=O) groups is 1. The van der Waals surface area contributed by atoms with E-state index in [-0.39, 0.29) is 41.6 Å². The van der Waals surface area contributed by atoms with Gasteiger partial charge in [0.2, 0.25) is 0 Å². The van der Waals surface area contributed by atoms with Crippen molar-refractivity contribution in [2.75, 3.05) is 6.61 Å². The highest BCUT2D eigenvalue weighted by molar-refractivity contribution is 6.07. The second kappa shape index (κ2) is 5.79. The Hall–Kier alpha value is -2.93. The number of hydrogen-bond donors (Lipinski definition) is 4. The van der Waals surface area contributed by atoms with E-state index in [0.29, 0.717) is 16.9 Å². The molecule has 2 aliphatic heterocycles. The van der Waals surface area contributed by atoms with Gasteiger partial charge in [0.1, 0.15) is 46.5 Å². The van der Waals surface area contributed by atoms with Crippen molar-refractivity contribution in [3.05, 3.63) is 41.0 Å². The van der Waals surface area contributed by atoms with Crippen molar-refractivity contribution in [3.63, 3.8) is 0 Å². The Labute approximate surface area is 155 Å². The Kier molecular flexibility index (Phi) is 3.75. The number of benzene rings is 2. The molecule has 0 saturated heterocycles. The smallest absolute Gasteiger partial charge is 0.181 e. The Morgan fingerprint density at radius 2 is 1.85 bits per heavy atom. The molecule has 0 amide bonds. The Balaban J connectivity index is 1.79. The fraction of sp³-hybridized carbons (Fsp3) is 0.350. The molecule has 4 rings (SSSR count). The summed E-state index contributed by atoms with van der Waals surface area (Å²) in [5.41, 5.74) is 0.0227. The zero-order chi connectivity index (χ0) is 19.5. The van der Waals surface area contributed by atoms with Crippen LogP contribution in [0.25, 0.3) is 0 Å². The van der Waals surface area contributed by atoms with Gasteiger partial charge in [-0.2, -0.15) is 0 Å². The van der Waals surface area contributed by atoms with E-state index in [1.54, 1.807) is 13.8 Å². The summed E-state index contributed by atoms with van der Waals surface area (Å²) >= 11 is 0. The number of ketones is 1. The first-order valence-electron chi connectivity index (χ1n) is 8.64. The molecule has 0 aliphatic carbocycles. The minimum absolute atomic E-state index is 0.00739. The van der Waals surface area contributed by atoms with E-state index in [4.69, 9.17) is 9.47 Å². The number of fused-ring (bicyclic) bond motifs is 3. The van der Waals surface area contributed by atoms with Crippen molar-refractivity contribution in [3.8, 4) is 28.7 Å². The molecule has 7 nitrogen and oxygen atoms in total. The molecule has 27 heavy (non-hydrogen) atoms. The minimum Gasteiger partial charge on any atom is -0.508 e. The highest BCUT2D eigenvalue weighted by Crippen LogP contribution is 2.48. The molecule has 2 aromatic rings. The first-order chi connectivity index (χ1) is 12.7. The second-order valence-corrected chi connectivity index (χ2v) is 7.47. The normalized spacial score (nSPS) is 23.0. The summed E-state index contributed by atoms with van der Waals surface area (Å²) in [5, 5.41) is 40.3. The van der Waals surface area contributed by atoms with Gasteiger partial charge >= 0.3 is 0 Å². The molecule has 2 aromatic carbocycles. The van der Waals surface area contributed by atoms with Crippen molar-refractivity contribution in [1.82, 2.24) is 0 Å². The van der Waals surface area contributed by atoms with Crippen molar-refractivity contribution in [2.24, 2.45) is 0 Å². The SMILES string of the molecule is CC1(C)Oc2cc(O)c3c(c2C[C@H]1O)OC[C@H](c1ccc(O)cc1O)C3=O. The highest BCUT2D eigenvalue weighted by atomic mass is 16.5. The molecule has 2 aliphatic rings. The van der Waals surface area contributed by atoms with E-state index in [0.717, 1.165) is 6.07 Å². The summed E-state index contributed by atoms with van der Waals surface area (Å²) in [7, 11) is 0. The Morgan fingerprint density at radius 3 is 2.56 bits per heavy atom. The predicted molar refractivity (Wildman–Crippen MR) is 94.9 cm³/mol. The molecule has 2 heterocycles. The first-order valence-corrected chi connectivity index (χ1v) is 8.64. The van der Waals surface area contributed by atoms with E-state index in [2.05, 4.69) is 0 Å². The van der Waals surface area contributed by atoms with Crippen LogP contribution in [0, 0.1) is 0 Å². The summed E-state index contributed by atoms with van der Waals surface area (Å²) in [6, 6.07) is 5.34. The summed E-state index contributed by atoms with van der Waals surface area (Å²) in [5.74, 6) is -1.27. The number of Topliss-reactive ketones (excluding diaryl/α,β-unsaturated/α-hetero) is 1. The largest absolute Gasteiger partial charge is 0.508 e. The standard InChI is InChI=1S/C20H20O7/c1-20(2)16(24)6-11-15(27-20)7-14(23)17-18(25)12(8-26-19(11)17)10-4-3-9(21)5-13(10)22/h3-5,7,12,16,21-24H,6,8H2,1-2H3/t12-,16-/m1/s1. The van der Waals surface area contributed by atoms with Crippen molar-refractivity contribution in [2.45, 2.75) is 37.9 Å². The Bertz CT molecular complexity index is 948. The quantitative estimate of drug-likeness (QED) is 0.606. The minimum atomic E-state index is -0.827. The van der Waals surface area contributed by atoms with E-state index < -0.39 is 23.4 Å². The third-order valence-corrected chi connectivity index (χ3v) is 5.24. The number of aromatic hydroxyl groups is 3. The molecule has 0 bridgehead atoms. The van der Waals surface area contributed by atoms with Crippen molar-refractivity contribution in [1.29, 1.82) is 0 Å². The molecule has 142 valence electrons. The summed E-state index contributed by atoms with van der Waals surface area (Å²) < 4.78 is 11.6. The molecule has 2 atom stereocenters. The van der Waals surface area contributed by atoms with Crippen LogP contribution in [0.5, 0.6) is 28.7 Å². The monoisotopic (exact) mass is 372 g/mol. The van der Waals surface area contributed by atoms with Crippen LogP contribution in [0.3, 0.4) is 0 Å². The van der Waals surface area contributed by atoms with Gasteiger partial charge in [-0.3, -0.25) is 4.79 Å². The zero-order valence-corrected chi connectivity index (χ0v) is 14.9. The van der Waals surface area contributed by atoms with E-state index >= 15 is 0 Å². The number of ether oxygens (including phenoxy) is 2. The fourth-order valence-electron chi connectivity index (χ4n) is 3.61. The van der Waals surface area contributed by atoms with Crippen molar-refractivity contribution < 1.29 is 34.7 Å². The number of hydrogen-bond acceptors (Lipinski definition) is 7. The number of carbonyl (C=O) groups excluding carboxylic acids is 1. The summed E-state index contributed by atoms with van der Waals surface area (Å²) in [6.07, 6.45) is -0.566. The van der Waals surface area contributed by atoms with Gasteiger partial charge < -0.3 is 29.9 Å². The van der Waals surface area contributed by atoms with Gasteiger partial charge in [0.05, 0.1) is 12.0 Å². The maximum Gasteiger partial charge on any atom is 0.181 e. The molecule has 0 saturated carbocycles. The lowest BCUT2D eigenvalue weighted by Gasteiger charge is -2.39. The molecule has 0 radical (unpaired) electrons. The maximum atomic E-state index is 13.1. The molecular formula is C20H20O7. The van der Waals surface area contributed by atoms with Gasteiger partial charge in [0.15, 0.2) is 5.78 Å². The number of aliphatic hydroxyl groups excluding tert-OH is 1. The van der Waals surface area contributed by atoms with Gasteiger partial charge in [0.25, 0.3) is 0 Å². The number of rotatable bonds is 1. The molecule has 0 unspecified atom stereocenters. The van der Waals surface area contributed by atoms with Gasteiger partial charge in [-0.25, -0.2) is 0 Å². The van der Waals surface area contributed by atoms with Gasteiger partial charge in [-0.15, -0.1) is 0 Å². The molecule has 7 heteroatoms. The maximum absolute atomic E-state index is 13.1. The van der Waals surface area contributed by atoms with Gasteiger partial charge in [0, 0.05) is 29.7 Å². The lowest BCUT2D eigenvalue weighted by atomic mass is 9.84. The number of phenols is 3. The molecule has 0 aromatic heterocycles. The van der Waals surface area contributed by atoms with E-state index in [1.165, 1.54) is 18.2 Å². The predicted octanol–water partition coefficient (Wildman–Crippen LogP) is 2.24. The van der Waals surface area contributed by atoms with Crippen LogP contribution < -0.4 is 9.47 Å². The second-order valence-electron chi connectivity index (χ2n) is 7.47. The highest BCUT2D eigenvalue weighted by Gasteiger charge is 2.42. The van der Waals surface area contributed by atoms with E-state index in [9.17, 15) is 25.2 Å². The summed E-state index contributed by atoms with van der Waals surface area (Å²) in [4.78, 5) is 13.1. The lowest BCUT2D eigenvalue weighted by molar-refractivity contribution is -0.0420. The van der Waals surface area contributed by atoms with Crippen molar-refractivity contribution >= 4 is 5.78 Å². The topological polar surface area (TPSA) is 116 Å². The van der Waals surface area contributed by atoms with Crippen LogP contribution in [0.4, 0.5) is 0 Å². The van der Waals surface area contributed by atoms with Gasteiger partial charge in [-0.1, -0.05) is 6.07 Å². The van der Waals surface area contributed by atoms with Crippen LogP contribution in [0.2, 0.25) is 0 Å². The Morgan fingerprint density at radius 1 is 1.11 bits per heavy atom. The van der Waals surface area contributed by atoms with Crippen LogP contribution in [0.15, 0.2) is 24.3 Å². The first kappa shape index (κ1) is 17.5. The third kappa shape index (κ3) is 2.66. The average Bonchev–Trinajstić information content (AvgIpc) is 2.57. The fourth-order valence-corrected chi connectivity index (χ4v) is 3.61. The third-order valence-electron chi connectivity index (χ3n) is 5.24. The molecule has 0 spiro atoms. The van der Waals surface area contributed by atoms with Gasteiger partial charge in [-0.05, 0) is 19.9 Å². The van der Waals surface area contributed by atoms with E-state index in [1.807, 2.05) is 0 Å². The average molecular weight is 372 g/mol. The van der Waals surface area contributed by atoms with Crippen LogP contribution in [0.1, 0.15) is 41.3 Å². The van der Waals surface area contributed by atoms with Crippen LogP contribution in [-0.2, 0) is 6.42 Å². The summed E-state index contributed by atoms with van der Waals surface area (Å²) in [6.45, 7) is 3.44. The lowest BCUT2D eigenvalue weighted by Crippen LogP contribution is -2.46. The van der Waals surface area contributed by atoms with Crippen LogP contribution in [-0.4, -0.2) is 44.5 Å². The number of phenolic OH excluding ortho intramolecular Hbond substituents is 3. The molecule has 4 N–H and O–H groups in total. The zero-order valence-electron chi connectivity index (χ0n) is 14.9.